The fourth-order valence-corrected chi connectivity index (χ4v) is 2.52. The maximum Gasteiger partial charge on any atom is 0.306 e. The summed E-state index contributed by atoms with van der Waals surface area (Å²) in [7, 11) is 0. The highest BCUT2D eigenvalue weighted by Gasteiger charge is 2.13. The average molecular weight is 261 g/mol. The highest BCUT2D eigenvalue weighted by Crippen LogP contribution is 2.17. The van der Waals surface area contributed by atoms with Crippen LogP contribution in [0.3, 0.4) is 0 Å². The molecule has 19 heavy (non-hydrogen) atoms. The van der Waals surface area contributed by atoms with Crippen LogP contribution in [0.15, 0.2) is 30.3 Å². The monoisotopic (exact) mass is 261 g/mol. The minimum absolute atomic E-state index is 0.0763. The summed E-state index contributed by atoms with van der Waals surface area (Å²) in [4.78, 5) is 11.6. The fourth-order valence-electron chi connectivity index (χ4n) is 2.52. The van der Waals surface area contributed by atoms with Gasteiger partial charge in [0.15, 0.2) is 0 Å². The van der Waals surface area contributed by atoms with Crippen LogP contribution in [0.4, 0.5) is 0 Å². The van der Waals surface area contributed by atoms with Gasteiger partial charge in [0.2, 0.25) is 0 Å². The van der Waals surface area contributed by atoms with Crippen molar-refractivity contribution in [3.8, 4) is 0 Å². The van der Waals surface area contributed by atoms with Gasteiger partial charge in [-0.1, -0.05) is 30.3 Å². The quantitative estimate of drug-likeness (QED) is 0.800. The molecule has 1 N–H and O–H groups in total. The van der Waals surface area contributed by atoms with Crippen LogP contribution >= 0.6 is 0 Å². The van der Waals surface area contributed by atoms with Crippen LogP contribution in [-0.2, 0) is 16.1 Å². The maximum absolute atomic E-state index is 11.6. The molecule has 0 saturated carbocycles. The van der Waals surface area contributed by atoms with E-state index in [4.69, 9.17) is 4.74 Å². The molecule has 0 spiro atoms. The van der Waals surface area contributed by atoms with E-state index in [1.165, 1.54) is 12.8 Å². The molecule has 1 fully saturated rings. The summed E-state index contributed by atoms with van der Waals surface area (Å²) < 4.78 is 5.26. The van der Waals surface area contributed by atoms with Gasteiger partial charge in [-0.25, -0.2) is 0 Å². The minimum Gasteiger partial charge on any atom is -0.461 e. The van der Waals surface area contributed by atoms with E-state index >= 15 is 0 Å². The first-order chi connectivity index (χ1) is 9.34. The first kappa shape index (κ1) is 14.1. The van der Waals surface area contributed by atoms with Crippen LogP contribution in [0.1, 0.15) is 37.7 Å². The highest BCUT2D eigenvalue weighted by molar-refractivity contribution is 5.69. The first-order valence-electron chi connectivity index (χ1n) is 7.25. The lowest BCUT2D eigenvalue weighted by Crippen LogP contribution is -2.29. The van der Waals surface area contributed by atoms with Crippen molar-refractivity contribution in [2.24, 2.45) is 5.92 Å². The van der Waals surface area contributed by atoms with E-state index in [-0.39, 0.29) is 5.97 Å². The molecule has 0 amide bonds. The highest BCUT2D eigenvalue weighted by atomic mass is 16.5. The van der Waals surface area contributed by atoms with Gasteiger partial charge in [0.1, 0.15) is 6.61 Å². The third-order valence-corrected chi connectivity index (χ3v) is 3.63. The van der Waals surface area contributed by atoms with Crippen molar-refractivity contribution < 1.29 is 9.53 Å². The van der Waals surface area contributed by atoms with Crippen LogP contribution in [0.2, 0.25) is 0 Å². The van der Waals surface area contributed by atoms with E-state index in [0.29, 0.717) is 13.0 Å². The molecule has 1 saturated heterocycles. The molecule has 0 unspecified atom stereocenters. The second-order valence-corrected chi connectivity index (χ2v) is 5.25. The average Bonchev–Trinajstić information content (AvgIpc) is 2.47. The molecule has 1 aliphatic rings. The SMILES string of the molecule is O=C(CCC[C@H]1CCCNC1)OCc1ccccc1. The Morgan fingerprint density at radius 2 is 2.16 bits per heavy atom. The largest absolute Gasteiger partial charge is 0.461 e. The summed E-state index contributed by atoms with van der Waals surface area (Å²) >= 11 is 0. The molecule has 104 valence electrons. The van der Waals surface area contributed by atoms with E-state index in [9.17, 15) is 4.79 Å². The minimum atomic E-state index is -0.0763. The van der Waals surface area contributed by atoms with Crippen molar-refractivity contribution in [1.82, 2.24) is 5.32 Å². The number of carbonyl (C=O) groups is 1. The Hall–Kier alpha value is -1.35. The fraction of sp³-hybridized carbons (Fsp3) is 0.562. The third kappa shape index (κ3) is 5.43. The molecule has 1 aliphatic heterocycles. The number of piperidine rings is 1. The number of benzene rings is 1. The number of carbonyl (C=O) groups excluding carboxylic acids is 1. The van der Waals surface area contributed by atoms with Crippen molar-refractivity contribution in [2.45, 2.75) is 38.7 Å². The second kappa shape index (κ2) is 7.95. The van der Waals surface area contributed by atoms with Crippen LogP contribution in [-0.4, -0.2) is 19.1 Å². The normalized spacial score (nSPS) is 19.1. The number of hydrogen-bond donors (Lipinski definition) is 1. The van der Waals surface area contributed by atoms with Crippen molar-refractivity contribution in [1.29, 1.82) is 0 Å². The zero-order chi connectivity index (χ0) is 13.3. The summed E-state index contributed by atoms with van der Waals surface area (Å²) in [6.07, 6.45) is 5.19. The van der Waals surface area contributed by atoms with Gasteiger partial charge in [-0.3, -0.25) is 4.79 Å². The van der Waals surface area contributed by atoms with Gasteiger partial charge >= 0.3 is 5.97 Å². The molecule has 2 rings (SSSR count). The first-order valence-corrected chi connectivity index (χ1v) is 7.25. The Bertz CT molecular complexity index is 372. The van der Waals surface area contributed by atoms with Crippen LogP contribution < -0.4 is 5.32 Å². The summed E-state index contributed by atoms with van der Waals surface area (Å²) in [5.41, 5.74) is 1.05. The summed E-state index contributed by atoms with van der Waals surface area (Å²) in [6.45, 7) is 2.65. The second-order valence-electron chi connectivity index (χ2n) is 5.25. The van der Waals surface area contributed by atoms with Gasteiger partial charge in [-0.15, -0.1) is 0 Å². The third-order valence-electron chi connectivity index (χ3n) is 3.63. The maximum atomic E-state index is 11.6. The van der Waals surface area contributed by atoms with E-state index < -0.39 is 0 Å². The van der Waals surface area contributed by atoms with Crippen LogP contribution in [0.5, 0.6) is 0 Å². The smallest absolute Gasteiger partial charge is 0.306 e. The Morgan fingerprint density at radius 3 is 2.89 bits per heavy atom. The topological polar surface area (TPSA) is 38.3 Å². The van der Waals surface area contributed by atoms with Crippen LogP contribution in [0.25, 0.3) is 0 Å². The van der Waals surface area contributed by atoms with E-state index in [1.54, 1.807) is 0 Å². The van der Waals surface area contributed by atoms with Crippen molar-refractivity contribution in [3.63, 3.8) is 0 Å². The summed E-state index contributed by atoms with van der Waals surface area (Å²) in [5, 5.41) is 3.40. The molecule has 1 aromatic rings. The Morgan fingerprint density at radius 1 is 1.32 bits per heavy atom. The van der Waals surface area contributed by atoms with Gasteiger partial charge in [0.25, 0.3) is 0 Å². The number of nitrogens with one attached hydrogen (secondary N) is 1. The molecule has 0 aliphatic carbocycles. The molecule has 1 atom stereocenters. The predicted molar refractivity (Wildman–Crippen MR) is 75.7 cm³/mol. The van der Waals surface area contributed by atoms with Gasteiger partial charge in [0, 0.05) is 6.42 Å². The zero-order valence-corrected chi connectivity index (χ0v) is 11.4. The lowest BCUT2D eigenvalue weighted by atomic mass is 9.94. The van der Waals surface area contributed by atoms with E-state index in [1.807, 2.05) is 30.3 Å². The molecule has 0 aromatic heterocycles. The predicted octanol–water partition coefficient (Wildman–Crippen LogP) is 2.90. The molecule has 3 heteroatoms. The van der Waals surface area contributed by atoms with E-state index in [2.05, 4.69) is 5.32 Å². The summed E-state index contributed by atoms with van der Waals surface area (Å²) in [5.74, 6) is 0.670. The number of esters is 1. The number of ether oxygens (including phenoxy) is 1. The molecule has 0 bridgehead atoms. The van der Waals surface area contributed by atoms with Gasteiger partial charge in [-0.05, 0) is 50.3 Å². The number of rotatable bonds is 6. The molecular weight excluding hydrogens is 238 g/mol. The Kier molecular flexibility index (Phi) is 5.89. The van der Waals surface area contributed by atoms with Crippen LogP contribution in [0, 0.1) is 5.92 Å². The van der Waals surface area contributed by atoms with Gasteiger partial charge < -0.3 is 10.1 Å². The Balaban J connectivity index is 1.57. The molecule has 3 nitrogen and oxygen atoms in total. The molecule has 1 aromatic carbocycles. The van der Waals surface area contributed by atoms with E-state index in [0.717, 1.165) is 37.4 Å². The Labute approximate surface area is 115 Å². The lowest BCUT2D eigenvalue weighted by Gasteiger charge is -2.22. The molecule has 1 heterocycles. The zero-order valence-electron chi connectivity index (χ0n) is 11.4. The van der Waals surface area contributed by atoms with Gasteiger partial charge in [-0.2, -0.15) is 0 Å². The van der Waals surface area contributed by atoms with Crippen molar-refractivity contribution >= 4 is 5.97 Å². The van der Waals surface area contributed by atoms with Crippen molar-refractivity contribution in [3.05, 3.63) is 35.9 Å². The molecule has 0 radical (unpaired) electrons. The number of hydrogen-bond acceptors (Lipinski definition) is 3. The van der Waals surface area contributed by atoms with Gasteiger partial charge in [0.05, 0.1) is 0 Å². The van der Waals surface area contributed by atoms with Crippen molar-refractivity contribution in [2.75, 3.05) is 13.1 Å². The lowest BCUT2D eigenvalue weighted by molar-refractivity contribution is -0.145. The standard InChI is InChI=1S/C16H23NO2/c18-16(19-13-15-6-2-1-3-7-15)10-4-8-14-9-5-11-17-12-14/h1-3,6-7,14,17H,4-5,8-13H2/t14-/m0/s1. The summed E-state index contributed by atoms with van der Waals surface area (Å²) in [6, 6.07) is 9.82. The molecular formula is C16H23NO2.